The zero-order chi connectivity index (χ0) is 22.7. The number of carbonyl (C=O) groups is 1. The van der Waals surface area contributed by atoms with Gasteiger partial charge in [0.2, 0.25) is 5.82 Å². The minimum absolute atomic E-state index is 0.136. The molecule has 2 fully saturated rings. The summed E-state index contributed by atoms with van der Waals surface area (Å²) in [5, 5.41) is 2.78. The molecule has 0 bridgehead atoms. The van der Waals surface area contributed by atoms with Crippen molar-refractivity contribution in [1.82, 2.24) is 5.32 Å². The van der Waals surface area contributed by atoms with Crippen LogP contribution >= 0.6 is 0 Å². The Hall–Kier alpha value is -2.43. The summed E-state index contributed by atoms with van der Waals surface area (Å²) in [7, 11) is 0. The van der Waals surface area contributed by atoms with E-state index >= 15 is 0 Å². The van der Waals surface area contributed by atoms with E-state index in [1.807, 2.05) is 12.1 Å². The number of aryl methyl sites for hydroxylation is 1. The highest BCUT2D eigenvalue weighted by molar-refractivity contribution is 5.95. The average Bonchev–Trinajstić information content (AvgIpc) is 2.79. The summed E-state index contributed by atoms with van der Waals surface area (Å²) in [6.07, 6.45) is 8.15. The van der Waals surface area contributed by atoms with Gasteiger partial charge in [-0.2, -0.15) is 4.39 Å². The minimum atomic E-state index is -1.15. The summed E-state index contributed by atoms with van der Waals surface area (Å²) in [5.74, 6) is -1.12. The fourth-order valence-electron chi connectivity index (χ4n) is 5.02. The first kappa shape index (κ1) is 22.8. The number of hydrogen-bond acceptors (Lipinski definition) is 2. The maximum Gasteiger partial charge on any atom is 0.254 e. The number of ether oxygens (including phenoxy) is 1. The molecule has 0 radical (unpaired) electrons. The van der Waals surface area contributed by atoms with E-state index in [1.54, 1.807) is 6.92 Å². The first-order chi connectivity index (χ1) is 15.4. The number of rotatable bonds is 7. The monoisotopic (exact) mass is 441 g/mol. The van der Waals surface area contributed by atoms with Crippen LogP contribution in [0.5, 0.6) is 5.75 Å². The van der Waals surface area contributed by atoms with Crippen LogP contribution in [-0.4, -0.2) is 12.5 Å². The third kappa shape index (κ3) is 5.13. The Morgan fingerprint density at radius 2 is 1.75 bits per heavy atom. The largest absolute Gasteiger partial charge is 0.485 e. The highest BCUT2D eigenvalue weighted by Gasteiger charge is 2.26. The number of halogens is 2. The summed E-state index contributed by atoms with van der Waals surface area (Å²) in [4.78, 5) is 12.5. The van der Waals surface area contributed by atoms with Crippen LogP contribution in [0.1, 0.15) is 84.8 Å². The molecule has 172 valence electrons. The van der Waals surface area contributed by atoms with Crippen molar-refractivity contribution in [2.24, 2.45) is 11.8 Å². The van der Waals surface area contributed by atoms with E-state index in [9.17, 15) is 13.6 Å². The van der Waals surface area contributed by atoms with Crippen molar-refractivity contribution in [2.75, 3.05) is 6.54 Å². The Bertz CT molecular complexity index is 945. The molecule has 32 heavy (non-hydrogen) atoms. The summed E-state index contributed by atoms with van der Waals surface area (Å²) in [6, 6.07) is 9.53. The molecule has 0 heterocycles. The van der Waals surface area contributed by atoms with Gasteiger partial charge < -0.3 is 10.1 Å². The maximum absolute atomic E-state index is 14.8. The number of benzene rings is 2. The summed E-state index contributed by atoms with van der Waals surface area (Å²) >= 11 is 0. The van der Waals surface area contributed by atoms with Gasteiger partial charge in [-0.05, 0) is 73.1 Å². The predicted molar refractivity (Wildman–Crippen MR) is 122 cm³/mol. The Morgan fingerprint density at radius 1 is 1.06 bits per heavy atom. The van der Waals surface area contributed by atoms with Gasteiger partial charge in [0.05, 0.1) is 5.56 Å². The SMILES string of the molecule is Cc1cc(C(=O)NCC2CCCCC2)c(F)c(F)c1OCc1ccc(C2CC(C)C2)cc1. The van der Waals surface area contributed by atoms with Gasteiger partial charge in [-0.3, -0.25) is 4.79 Å². The summed E-state index contributed by atoms with van der Waals surface area (Å²) in [6.45, 7) is 4.55. The maximum atomic E-state index is 14.8. The quantitative estimate of drug-likeness (QED) is 0.521. The van der Waals surface area contributed by atoms with E-state index in [-0.39, 0.29) is 17.9 Å². The standard InChI is InChI=1S/C27H33F2NO2/c1-17-12-22(13-17)21-10-8-20(9-11-21)16-32-26-18(2)14-23(24(28)25(26)29)27(31)30-15-19-6-4-3-5-7-19/h8-11,14,17,19,22H,3-7,12-13,15-16H2,1-2H3,(H,30,31). The highest BCUT2D eigenvalue weighted by Crippen LogP contribution is 2.41. The zero-order valence-corrected chi connectivity index (χ0v) is 19.1. The molecule has 3 nitrogen and oxygen atoms in total. The Kier molecular flexibility index (Phi) is 7.12. The predicted octanol–water partition coefficient (Wildman–Crippen LogP) is 6.68. The molecule has 2 aromatic carbocycles. The fraction of sp³-hybridized carbons (Fsp3) is 0.519. The van der Waals surface area contributed by atoms with Gasteiger partial charge in [0.25, 0.3) is 5.91 Å². The molecule has 0 atom stereocenters. The molecule has 2 saturated carbocycles. The van der Waals surface area contributed by atoms with Crippen LogP contribution in [0.2, 0.25) is 0 Å². The molecule has 0 spiro atoms. The molecular weight excluding hydrogens is 408 g/mol. The van der Waals surface area contributed by atoms with E-state index < -0.39 is 17.5 Å². The molecule has 0 saturated heterocycles. The van der Waals surface area contributed by atoms with Crippen molar-refractivity contribution in [3.63, 3.8) is 0 Å². The lowest BCUT2D eigenvalue weighted by Gasteiger charge is -2.33. The number of hydrogen-bond donors (Lipinski definition) is 1. The molecule has 1 N–H and O–H groups in total. The zero-order valence-electron chi connectivity index (χ0n) is 19.1. The van der Waals surface area contributed by atoms with Gasteiger partial charge in [0.1, 0.15) is 6.61 Å². The van der Waals surface area contributed by atoms with Crippen LogP contribution in [0.3, 0.4) is 0 Å². The third-order valence-corrected chi connectivity index (χ3v) is 7.08. The van der Waals surface area contributed by atoms with E-state index in [1.165, 1.54) is 30.9 Å². The van der Waals surface area contributed by atoms with Gasteiger partial charge in [-0.15, -0.1) is 0 Å². The lowest BCUT2D eigenvalue weighted by Crippen LogP contribution is -2.31. The van der Waals surface area contributed by atoms with Crippen molar-refractivity contribution in [2.45, 2.75) is 71.3 Å². The molecule has 2 aliphatic rings. The van der Waals surface area contributed by atoms with Crippen molar-refractivity contribution in [1.29, 1.82) is 0 Å². The number of nitrogens with one attached hydrogen (secondary N) is 1. The lowest BCUT2D eigenvalue weighted by atomic mass is 9.72. The smallest absolute Gasteiger partial charge is 0.254 e. The molecular formula is C27H33F2NO2. The van der Waals surface area contributed by atoms with E-state index in [2.05, 4.69) is 24.4 Å². The van der Waals surface area contributed by atoms with Crippen LogP contribution in [-0.2, 0) is 6.61 Å². The van der Waals surface area contributed by atoms with Crippen molar-refractivity contribution in [3.8, 4) is 5.75 Å². The molecule has 0 aliphatic heterocycles. The highest BCUT2D eigenvalue weighted by atomic mass is 19.2. The van der Waals surface area contributed by atoms with E-state index in [4.69, 9.17) is 4.74 Å². The summed E-state index contributed by atoms with van der Waals surface area (Å²) < 4.78 is 35.1. The van der Waals surface area contributed by atoms with Crippen LogP contribution in [0, 0.1) is 30.4 Å². The van der Waals surface area contributed by atoms with E-state index in [0.29, 0.717) is 23.9 Å². The molecule has 0 aromatic heterocycles. The van der Waals surface area contributed by atoms with Crippen LogP contribution in [0.15, 0.2) is 30.3 Å². The van der Waals surface area contributed by atoms with Crippen molar-refractivity contribution >= 4 is 5.91 Å². The lowest BCUT2D eigenvalue weighted by molar-refractivity contribution is 0.0938. The molecule has 1 amide bonds. The first-order valence-corrected chi connectivity index (χ1v) is 11.9. The normalized spacial score (nSPS) is 21.1. The van der Waals surface area contributed by atoms with Gasteiger partial charge in [0, 0.05) is 6.54 Å². The van der Waals surface area contributed by atoms with Crippen molar-refractivity contribution < 1.29 is 18.3 Å². The first-order valence-electron chi connectivity index (χ1n) is 11.9. The van der Waals surface area contributed by atoms with Crippen LogP contribution < -0.4 is 10.1 Å². The molecule has 0 unspecified atom stereocenters. The molecule has 5 heteroatoms. The number of carbonyl (C=O) groups excluding carboxylic acids is 1. The molecule has 2 aromatic rings. The Labute approximate surface area is 189 Å². The minimum Gasteiger partial charge on any atom is -0.485 e. The molecule has 4 rings (SSSR count). The average molecular weight is 442 g/mol. The fourth-order valence-corrected chi connectivity index (χ4v) is 5.02. The van der Waals surface area contributed by atoms with Crippen LogP contribution in [0.4, 0.5) is 8.78 Å². The van der Waals surface area contributed by atoms with Crippen LogP contribution in [0.25, 0.3) is 0 Å². The van der Waals surface area contributed by atoms with Gasteiger partial charge >= 0.3 is 0 Å². The third-order valence-electron chi connectivity index (χ3n) is 7.08. The second-order valence-electron chi connectivity index (χ2n) is 9.72. The van der Waals surface area contributed by atoms with Crippen molar-refractivity contribution in [3.05, 3.63) is 64.2 Å². The molecule has 2 aliphatic carbocycles. The van der Waals surface area contributed by atoms with Gasteiger partial charge in [-0.25, -0.2) is 4.39 Å². The van der Waals surface area contributed by atoms with Gasteiger partial charge in [0.15, 0.2) is 11.6 Å². The van der Waals surface area contributed by atoms with Gasteiger partial charge in [-0.1, -0.05) is 50.5 Å². The Morgan fingerprint density at radius 3 is 2.41 bits per heavy atom. The summed E-state index contributed by atoms with van der Waals surface area (Å²) in [5.41, 5.74) is 2.37. The second kappa shape index (κ2) is 10.0. The topological polar surface area (TPSA) is 38.3 Å². The second-order valence-corrected chi connectivity index (χ2v) is 9.72. The number of amides is 1. The van der Waals surface area contributed by atoms with E-state index in [0.717, 1.165) is 37.2 Å². The Balaban J connectivity index is 1.38.